The second kappa shape index (κ2) is 14.0. The Bertz CT molecular complexity index is 1720. The van der Waals surface area contributed by atoms with Crippen LogP contribution in [0, 0.1) is 5.92 Å². The van der Waals surface area contributed by atoms with E-state index in [0.717, 1.165) is 5.56 Å². The van der Waals surface area contributed by atoms with Crippen molar-refractivity contribution in [3.63, 3.8) is 0 Å². The minimum Gasteiger partial charge on any atom is -0.488 e. The lowest BCUT2D eigenvalue weighted by atomic mass is 9.99. The normalized spacial score (nSPS) is 17.6. The molecule has 0 bridgehead atoms. The van der Waals surface area contributed by atoms with Crippen molar-refractivity contribution in [3.05, 3.63) is 113 Å². The molecule has 0 radical (unpaired) electrons. The van der Waals surface area contributed by atoms with E-state index in [0.29, 0.717) is 30.4 Å². The first kappa shape index (κ1) is 32.5. The number of anilines is 1. The Morgan fingerprint density at radius 3 is 2.33 bits per heavy atom. The number of aliphatic hydroxyl groups is 1. The summed E-state index contributed by atoms with van der Waals surface area (Å²) in [6.07, 6.45) is -0.282. The van der Waals surface area contributed by atoms with Gasteiger partial charge in [-0.2, -0.15) is 0 Å². The molecule has 5 rings (SSSR count). The van der Waals surface area contributed by atoms with Crippen LogP contribution in [0.1, 0.15) is 29.8 Å². The van der Waals surface area contributed by atoms with Gasteiger partial charge in [0.1, 0.15) is 11.9 Å². The number of likely N-dealkylation sites (N-methyl/N-ethyl adjacent to an activating group) is 1. The summed E-state index contributed by atoms with van der Waals surface area (Å²) in [6, 6.07) is 28.9. The SMILES string of the molecule is C[C@H]1CN([C@@H](C)CO)C(=O)c2cc(NS(=O)(=O)c3ccc(Cl)cc3)ccc2O[C@@H]1CN(C)Cc1ccc(-c2ccccc2)cc1. The number of hydrogen-bond acceptors (Lipinski definition) is 6. The predicted octanol–water partition coefficient (Wildman–Crippen LogP) is 6.16. The summed E-state index contributed by atoms with van der Waals surface area (Å²) in [5, 5.41) is 10.4. The number of hydrogen-bond donors (Lipinski definition) is 2. The molecule has 45 heavy (non-hydrogen) atoms. The monoisotopic (exact) mass is 647 g/mol. The molecule has 2 N–H and O–H groups in total. The molecular weight excluding hydrogens is 610 g/mol. The van der Waals surface area contributed by atoms with Crippen LogP contribution in [-0.2, 0) is 16.6 Å². The van der Waals surface area contributed by atoms with Crippen LogP contribution < -0.4 is 9.46 Å². The zero-order chi connectivity index (χ0) is 32.1. The molecule has 0 unspecified atom stereocenters. The molecule has 4 aromatic carbocycles. The number of carbonyl (C=O) groups is 1. The van der Waals surface area contributed by atoms with Crippen LogP contribution in [0.25, 0.3) is 11.1 Å². The number of fused-ring (bicyclic) bond motifs is 1. The molecule has 1 aliphatic heterocycles. The van der Waals surface area contributed by atoms with Crippen LogP contribution in [0.2, 0.25) is 5.02 Å². The Kier molecular flexibility index (Phi) is 10.1. The molecule has 4 aromatic rings. The van der Waals surface area contributed by atoms with E-state index < -0.39 is 16.1 Å². The molecule has 0 aliphatic carbocycles. The van der Waals surface area contributed by atoms with Crippen LogP contribution in [0.15, 0.2) is 102 Å². The molecule has 10 heteroatoms. The highest BCUT2D eigenvalue weighted by Gasteiger charge is 2.33. The number of amides is 1. The highest BCUT2D eigenvalue weighted by atomic mass is 35.5. The third-order valence-corrected chi connectivity index (χ3v) is 9.70. The van der Waals surface area contributed by atoms with Gasteiger partial charge in [0.25, 0.3) is 15.9 Å². The summed E-state index contributed by atoms with van der Waals surface area (Å²) in [5.74, 6) is -0.0277. The standard InChI is InChI=1S/C35H38ClN3O5S/c1-24-20-39(25(2)23-40)35(41)32-19-30(37-45(42,43)31-16-13-29(36)14-17-31)15-18-33(32)44-34(24)22-38(3)21-26-9-11-28(12-10-26)27-7-5-4-6-8-27/h4-19,24-25,34,37,40H,20-23H2,1-3H3/t24-,25-,34+/m0/s1. The van der Waals surface area contributed by atoms with Gasteiger partial charge in [-0.1, -0.05) is 73.1 Å². The number of halogens is 1. The summed E-state index contributed by atoms with van der Waals surface area (Å²) in [5.41, 5.74) is 3.94. The van der Waals surface area contributed by atoms with Crippen LogP contribution in [-0.4, -0.2) is 68.1 Å². The van der Waals surface area contributed by atoms with Gasteiger partial charge in [-0.3, -0.25) is 14.4 Å². The van der Waals surface area contributed by atoms with Crippen molar-refractivity contribution < 1.29 is 23.1 Å². The molecule has 3 atom stereocenters. The smallest absolute Gasteiger partial charge is 0.261 e. The van der Waals surface area contributed by atoms with Crippen molar-refractivity contribution in [1.82, 2.24) is 9.80 Å². The highest BCUT2D eigenvalue weighted by molar-refractivity contribution is 7.92. The lowest BCUT2D eigenvalue weighted by Gasteiger charge is -2.38. The number of aliphatic hydroxyl groups excluding tert-OH is 1. The van der Waals surface area contributed by atoms with Gasteiger partial charge in [0, 0.05) is 36.3 Å². The summed E-state index contributed by atoms with van der Waals surface area (Å²) < 4.78 is 35.1. The van der Waals surface area contributed by atoms with Crippen molar-refractivity contribution in [3.8, 4) is 16.9 Å². The highest BCUT2D eigenvalue weighted by Crippen LogP contribution is 2.32. The molecule has 1 heterocycles. The summed E-state index contributed by atoms with van der Waals surface area (Å²) in [6.45, 7) is 5.28. The Balaban J connectivity index is 1.36. The molecule has 0 aromatic heterocycles. The first-order chi connectivity index (χ1) is 21.5. The third kappa shape index (κ3) is 7.86. The van der Waals surface area contributed by atoms with Crippen LogP contribution in [0.5, 0.6) is 5.75 Å². The van der Waals surface area contributed by atoms with Gasteiger partial charge in [0.15, 0.2) is 0 Å². The molecule has 1 aliphatic rings. The Hall–Kier alpha value is -3.89. The van der Waals surface area contributed by atoms with E-state index in [1.54, 1.807) is 24.0 Å². The maximum atomic E-state index is 13.8. The Morgan fingerprint density at radius 1 is 1.00 bits per heavy atom. The number of benzene rings is 4. The van der Waals surface area contributed by atoms with Crippen LogP contribution in [0.3, 0.4) is 0 Å². The lowest BCUT2D eigenvalue weighted by Crippen LogP contribution is -2.49. The van der Waals surface area contributed by atoms with Crippen molar-refractivity contribution in [1.29, 1.82) is 0 Å². The van der Waals surface area contributed by atoms with E-state index in [9.17, 15) is 18.3 Å². The largest absolute Gasteiger partial charge is 0.488 e. The topological polar surface area (TPSA) is 99.2 Å². The Morgan fingerprint density at radius 2 is 1.67 bits per heavy atom. The number of ether oxygens (including phenoxy) is 1. The number of nitrogens with zero attached hydrogens (tertiary/aromatic N) is 2. The van der Waals surface area contributed by atoms with E-state index in [2.05, 4.69) is 46.0 Å². The van der Waals surface area contributed by atoms with Crippen molar-refractivity contribution in [2.24, 2.45) is 5.92 Å². The number of sulfonamides is 1. The second-order valence-corrected chi connectivity index (χ2v) is 13.8. The van der Waals surface area contributed by atoms with Gasteiger partial charge >= 0.3 is 0 Å². The van der Waals surface area contributed by atoms with Gasteiger partial charge in [-0.25, -0.2) is 8.42 Å². The summed E-state index contributed by atoms with van der Waals surface area (Å²) in [7, 11) is -1.89. The zero-order valence-electron chi connectivity index (χ0n) is 25.6. The predicted molar refractivity (Wildman–Crippen MR) is 178 cm³/mol. The minimum atomic E-state index is -3.93. The number of rotatable bonds is 10. The van der Waals surface area contributed by atoms with E-state index in [4.69, 9.17) is 16.3 Å². The van der Waals surface area contributed by atoms with Crippen LogP contribution >= 0.6 is 11.6 Å². The number of nitrogens with one attached hydrogen (secondary N) is 1. The van der Waals surface area contributed by atoms with Gasteiger partial charge in [-0.15, -0.1) is 0 Å². The molecule has 8 nitrogen and oxygen atoms in total. The Labute approximate surface area is 270 Å². The summed E-state index contributed by atoms with van der Waals surface area (Å²) in [4.78, 5) is 17.7. The molecule has 0 saturated heterocycles. The third-order valence-electron chi connectivity index (χ3n) is 8.05. The van der Waals surface area contributed by atoms with E-state index >= 15 is 0 Å². The fraction of sp³-hybridized carbons (Fsp3) is 0.286. The molecule has 0 spiro atoms. The van der Waals surface area contributed by atoms with Gasteiger partial charge in [-0.05, 0) is 73.1 Å². The van der Waals surface area contributed by atoms with E-state index in [1.165, 1.54) is 41.5 Å². The van der Waals surface area contributed by atoms with Gasteiger partial charge < -0.3 is 14.7 Å². The second-order valence-electron chi connectivity index (χ2n) is 11.7. The quantitative estimate of drug-likeness (QED) is 0.214. The first-order valence-electron chi connectivity index (χ1n) is 14.9. The van der Waals surface area contributed by atoms with E-state index in [-0.39, 0.29) is 40.7 Å². The minimum absolute atomic E-state index is 0.0448. The maximum absolute atomic E-state index is 13.8. The first-order valence-corrected chi connectivity index (χ1v) is 16.7. The number of carbonyl (C=O) groups excluding carboxylic acids is 1. The van der Waals surface area contributed by atoms with E-state index in [1.807, 2.05) is 32.2 Å². The lowest BCUT2D eigenvalue weighted by molar-refractivity contribution is 0.0341. The molecule has 0 saturated carbocycles. The average molecular weight is 648 g/mol. The fourth-order valence-corrected chi connectivity index (χ4v) is 6.62. The van der Waals surface area contributed by atoms with Crippen molar-refractivity contribution in [2.75, 3.05) is 31.5 Å². The van der Waals surface area contributed by atoms with Crippen LogP contribution in [0.4, 0.5) is 5.69 Å². The van der Waals surface area contributed by atoms with Crippen molar-refractivity contribution >= 4 is 33.2 Å². The van der Waals surface area contributed by atoms with Gasteiger partial charge in [0.2, 0.25) is 0 Å². The maximum Gasteiger partial charge on any atom is 0.261 e. The zero-order valence-corrected chi connectivity index (χ0v) is 27.1. The molecular formula is C35H38ClN3O5S. The molecule has 1 amide bonds. The van der Waals surface area contributed by atoms with Gasteiger partial charge in [0.05, 0.1) is 23.1 Å². The summed E-state index contributed by atoms with van der Waals surface area (Å²) >= 11 is 5.93. The molecule has 0 fully saturated rings. The van der Waals surface area contributed by atoms with Crippen molar-refractivity contribution in [2.45, 2.75) is 37.4 Å². The molecule has 236 valence electrons. The fourth-order valence-electron chi connectivity index (χ4n) is 5.45. The average Bonchev–Trinajstić information content (AvgIpc) is 3.03.